The lowest BCUT2D eigenvalue weighted by Crippen LogP contribution is -1.81. The second-order valence-corrected chi connectivity index (χ2v) is 5.49. The van der Waals surface area contributed by atoms with Crippen LogP contribution in [0.25, 0.3) is 0 Å². The minimum atomic E-state index is -3.83. The van der Waals surface area contributed by atoms with E-state index >= 15 is 0 Å². The van der Waals surface area contributed by atoms with Crippen molar-refractivity contribution in [3.05, 3.63) is 0 Å². The van der Waals surface area contributed by atoms with Crippen LogP contribution in [0.4, 0.5) is 0 Å². The molecule has 1 N–H and O–H groups in total. The summed E-state index contributed by atoms with van der Waals surface area (Å²) >= 11 is 2.45. The lowest BCUT2D eigenvalue weighted by atomic mass is 15.9. The van der Waals surface area contributed by atoms with Crippen molar-refractivity contribution in [1.29, 1.82) is 0 Å². The van der Waals surface area contributed by atoms with Gasteiger partial charge in [-0.25, -0.2) is 0 Å². The van der Waals surface area contributed by atoms with E-state index in [2.05, 4.69) is 14.8 Å². The highest BCUT2D eigenvalue weighted by atomic mass is 79.9. The Balaban J connectivity index is 3.85. The molecule has 0 aromatic rings. The van der Waals surface area contributed by atoms with Crippen molar-refractivity contribution in [3.63, 3.8) is 0 Å². The van der Waals surface area contributed by atoms with Gasteiger partial charge in [-0.3, -0.25) is 4.55 Å². The Hall–Kier alpha value is 0.740. The molecule has 0 rings (SSSR count). The minimum Gasteiger partial charge on any atom is -0.277 e. The van der Waals surface area contributed by atoms with Gasteiger partial charge in [-0.1, -0.05) is 0 Å². The van der Waals surface area contributed by atoms with Gasteiger partial charge in [0, 0.05) is 14.8 Å². The standard InChI is InChI=1S/BrHO3S2/c1-5-6(2,3)4/h(H,2,3,4). The first kappa shape index (κ1) is 6.74. The van der Waals surface area contributed by atoms with Crippen molar-refractivity contribution in [1.82, 2.24) is 0 Å². The number of halogens is 1. The maximum Gasteiger partial charge on any atom is 0.330 e. The van der Waals surface area contributed by atoms with Gasteiger partial charge in [-0.2, -0.15) is 8.42 Å². The summed E-state index contributed by atoms with van der Waals surface area (Å²) in [6.45, 7) is 0. The van der Waals surface area contributed by atoms with Crippen LogP contribution in [0.1, 0.15) is 0 Å². The zero-order valence-corrected chi connectivity index (χ0v) is 5.68. The van der Waals surface area contributed by atoms with Gasteiger partial charge in [0.25, 0.3) is 0 Å². The Labute approximate surface area is 46.5 Å². The molecule has 38 valence electrons. The Morgan fingerprint density at radius 2 is 1.83 bits per heavy atom. The molecule has 0 aromatic heterocycles. The Morgan fingerprint density at radius 3 is 1.83 bits per heavy atom. The minimum absolute atomic E-state index is 0.222. The molecule has 0 saturated carbocycles. The molecule has 0 aliphatic carbocycles. The Morgan fingerprint density at radius 1 is 1.67 bits per heavy atom. The normalized spacial score (nSPS) is 11.7. The van der Waals surface area contributed by atoms with E-state index in [0.29, 0.717) is 0 Å². The molecule has 0 atom stereocenters. The maximum atomic E-state index is 9.47. The largest absolute Gasteiger partial charge is 0.330 e. The first-order valence-electron chi connectivity index (χ1n) is 0.837. The predicted octanol–water partition coefficient (Wildman–Crippen LogP) is 0.832. The summed E-state index contributed by atoms with van der Waals surface area (Å²) in [7, 11) is -3.61. The van der Waals surface area contributed by atoms with Crippen molar-refractivity contribution >= 4 is 33.2 Å². The average Bonchev–Trinajstić information content (AvgIpc) is 1.35. The van der Waals surface area contributed by atoms with E-state index in [9.17, 15) is 8.42 Å². The van der Waals surface area contributed by atoms with Crippen LogP contribution in [-0.2, 0) is 9.15 Å². The fraction of sp³-hybridized carbons (Fsp3) is 0. The number of rotatable bonds is 1. The van der Waals surface area contributed by atoms with Gasteiger partial charge in [-0.15, -0.1) is 0 Å². The molecule has 0 heterocycles. The molecule has 0 bridgehead atoms. The molecular weight excluding hydrogens is 192 g/mol. The lowest BCUT2D eigenvalue weighted by molar-refractivity contribution is 0.503. The number of hydrogen-bond acceptors (Lipinski definition) is 3. The molecule has 6 heavy (non-hydrogen) atoms. The van der Waals surface area contributed by atoms with Crippen LogP contribution in [0.15, 0.2) is 0 Å². The van der Waals surface area contributed by atoms with Gasteiger partial charge in [-0.05, 0) is 0 Å². The summed E-state index contributed by atoms with van der Waals surface area (Å²) in [5.74, 6) is 0. The van der Waals surface area contributed by atoms with Crippen LogP contribution in [-0.4, -0.2) is 13.0 Å². The zero-order chi connectivity index (χ0) is 5.21. The molecule has 0 aliphatic heterocycles. The molecule has 6 heteroatoms. The van der Waals surface area contributed by atoms with Crippen LogP contribution in [0.5, 0.6) is 0 Å². The van der Waals surface area contributed by atoms with E-state index in [-0.39, 0.29) is 9.23 Å². The highest BCUT2D eigenvalue weighted by Crippen LogP contribution is 2.16. The van der Waals surface area contributed by atoms with E-state index in [0.717, 1.165) is 0 Å². The third-order valence-corrected chi connectivity index (χ3v) is 3.72. The molecule has 0 unspecified atom stereocenters. The van der Waals surface area contributed by atoms with Crippen LogP contribution in [0, 0.1) is 0 Å². The molecule has 0 radical (unpaired) electrons. The summed E-state index contributed by atoms with van der Waals surface area (Å²) in [6.07, 6.45) is 0. The van der Waals surface area contributed by atoms with E-state index in [1.807, 2.05) is 0 Å². The van der Waals surface area contributed by atoms with Crippen molar-refractivity contribution < 1.29 is 13.0 Å². The molecule has 0 spiro atoms. The van der Waals surface area contributed by atoms with E-state index in [1.165, 1.54) is 0 Å². The summed E-state index contributed by atoms with van der Waals surface area (Å²) in [4.78, 5) is 0. The molecule has 0 amide bonds. The first-order chi connectivity index (χ1) is 2.56. The average molecular weight is 193 g/mol. The van der Waals surface area contributed by atoms with Gasteiger partial charge >= 0.3 is 9.15 Å². The smallest absolute Gasteiger partial charge is 0.277 e. The zero-order valence-electron chi connectivity index (χ0n) is 2.46. The quantitative estimate of drug-likeness (QED) is 0.495. The molecule has 3 nitrogen and oxygen atoms in total. The summed E-state index contributed by atoms with van der Waals surface area (Å²) in [5.41, 5.74) is 0. The molecule has 0 fully saturated rings. The Kier molecular flexibility index (Phi) is 2.42. The SMILES string of the molecule is O=S(=O)(O)SBr. The van der Waals surface area contributed by atoms with Gasteiger partial charge in [0.15, 0.2) is 0 Å². The fourth-order valence-corrected chi connectivity index (χ4v) is 0. The molecule has 0 aliphatic rings. The molecule has 0 saturated heterocycles. The third kappa shape index (κ3) is 4.74. The summed E-state index contributed by atoms with van der Waals surface area (Å²) < 4.78 is 26.7. The fourth-order valence-electron chi connectivity index (χ4n) is 0. The van der Waals surface area contributed by atoms with E-state index < -0.39 is 9.15 Å². The molecular formula is HBrO3S2. The van der Waals surface area contributed by atoms with Crippen LogP contribution in [0.3, 0.4) is 0 Å². The third-order valence-electron chi connectivity index (χ3n) is 0.0796. The molecule has 0 aromatic carbocycles. The van der Waals surface area contributed by atoms with Crippen LogP contribution < -0.4 is 0 Å². The Bertz CT molecular complexity index is 111. The maximum absolute atomic E-state index is 9.47. The van der Waals surface area contributed by atoms with E-state index in [1.54, 1.807) is 0 Å². The highest BCUT2D eigenvalue weighted by Gasteiger charge is 1.97. The topological polar surface area (TPSA) is 54.4 Å². The lowest BCUT2D eigenvalue weighted by Gasteiger charge is -1.76. The second kappa shape index (κ2) is 2.15. The van der Waals surface area contributed by atoms with Gasteiger partial charge < -0.3 is 0 Å². The van der Waals surface area contributed by atoms with Gasteiger partial charge in [0.1, 0.15) is 0 Å². The van der Waals surface area contributed by atoms with Crippen molar-refractivity contribution in [3.8, 4) is 0 Å². The van der Waals surface area contributed by atoms with E-state index in [4.69, 9.17) is 4.55 Å². The monoisotopic (exact) mass is 192 g/mol. The second-order valence-electron chi connectivity index (χ2n) is 0.491. The van der Waals surface area contributed by atoms with Crippen molar-refractivity contribution in [2.24, 2.45) is 0 Å². The first-order valence-corrected chi connectivity index (χ1v) is 5.45. The van der Waals surface area contributed by atoms with Gasteiger partial charge in [0.05, 0.1) is 9.23 Å². The highest BCUT2D eigenvalue weighted by molar-refractivity contribution is 9.59. The number of hydrogen-bond donors (Lipinski definition) is 1. The predicted molar refractivity (Wildman–Crippen MR) is 28.1 cm³/mol. The summed E-state index contributed by atoms with van der Waals surface area (Å²) in [5, 5.41) is 0. The van der Waals surface area contributed by atoms with Crippen LogP contribution in [0.2, 0.25) is 0 Å². The van der Waals surface area contributed by atoms with Crippen molar-refractivity contribution in [2.75, 3.05) is 0 Å². The van der Waals surface area contributed by atoms with Crippen LogP contribution >= 0.6 is 24.0 Å². The van der Waals surface area contributed by atoms with Crippen molar-refractivity contribution in [2.45, 2.75) is 0 Å². The summed E-state index contributed by atoms with van der Waals surface area (Å²) in [6, 6.07) is 0. The van der Waals surface area contributed by atoms with Gasteiger partial charge in [0.2, 0.25) is 0 Å².